The van der Waals surface area contributed by atoms with Crippen LogP contribution in [0.1, 0.15) is 12.8 Å². The van der Waals surface area contributed by atoms with Gasteiger partial charge in [0, 0.05) is 13.0 Å². The molecule has 1 fully saturated rings. The highest BCUT2D eigenvalue weighted by atomic mass is 32.2. The van der Waals surface area contributed by atoms with E-state index >= 15 is 0 Å². The summed E-state index contributed by atoms with van der Waals surface area (Å²) in [4.78, 5) is 34.0. The third-order valence-corrected chi connectivity index (χ3v) is 2.65. The van der Waals surface area contributed by atoms with Crippen molar-refractivity contribution < 1.29 is 14.4 Å². The van der Waals surface area contributed by atoms with Crippen molar-refractivity contribution in [1.29, 1.82) is 0 Å². The van der Waals surface area contributed by atoms with Gasteiger partial charge in [0.1, 0.15) is 0 Å². The van der Waals surface area contributed by atoms with Crippen molar-refractivity contribution in [2.45, 2.75) is 12.8 Å². The van der Waals surface area contributed by atoms with Crippen LogP contribution in [0.4, 0.5) is 4.79 Å². The SMILES string of the molecule is NNC(=O)CCCN1C(=O)CSC1=O. The molecular formula is C7H11N3O3S. The zero-order valence-corrected chi connectivity index (χ0v) is 8.30. The van der Waals surface area contributed by atoms with E-state index in [0.717, 1.165) is 16.7 Å². The van der Waals surface area contributed by atoms with Gasteiger partial charge < -0.3 is 0 Å². The van der Waals surface area contributed by atoms with Crippen LogP contribution in [0.5, 0.6) is 0 Å². The van der Waals surface area contributed by atoms with E-state index < -0.39 is 0 Å². The van der Waals surface area contributed by atoms with Gasteiger partial charge >= 0.3 is 0 Å². The number of carbonyl (C=O) groups excluding carboxylic acids is 3. The summed E-state index contributed by atoms with van der Waals surface area (Å²) in [5.41, 5.74) is 1.98. The van der Waals surface area contributed by atoms with Crippen molar-refractivity contribution in [2.24, 2.45) is 5.84 Å². The van der Waals surface area contributed by atoms with E-state index in [9.17, 15) is 14.4 Å². The minimum Gasteiger partial charge on any atom is -0.294 e. The Morgan fingerprint density at radius 1 is 1.57 bits per heavy atom. The molecule has 0 aromatic carbocycles. The summed E-state index contributed by atoms with van der Waals surface area (Å²) in [6.07, 6.45) is 0.666. The first-order chi connectivity index (χ1) is 6.65. The molecule has 3 amide bonds. The first-order valence-corrected chi connectivity index (χ1v) is 5.10. The van der Waals surface area contributed by atoms with Crippen LogP contribution < -0.4 is 11.3 Å². The molecule has 0 bridgehead atoms. The number of thioether (sulfide) groups is 1. The highest BCUT2D eigenvalue weighted by Gasteiger charge is 2.29. The summed E-state index contributed by atoms with van der Waals surface area (Å²) in [7, 11) is 0. The number of rotatable bonds is 4. The van der Waals surface area contributed by atoms with Gasteiger partial charge in [0.25, 0.3) is 5.24 Å². The predicted molar refractivity (Wildman–Crippen MR) is 51.1 cm³/mol. The summed E-state index contributed by atoms with van der Waals surface area (Å²) < 4.78 is 0. The van der Waals surface area contributed by atoms with E-state index in [1.807, 2.05) is 5.43 Å². The molecule has 0 aromatic rings. The quantitative estimate of drug-likeness (QED) is 0.374. The standard InChI is InChI=1S/C7H11N3O3S/c8-9-5(11)2-1-3-10-6(12)4-14-7(10)13/h1-4,8H2,(H,9,11). The van der Waals surface area contributed by atoms with Gasteiger partial charge in [-0.1, -0.05) is 11.8 Å². The van der Waals surface area contributed by atoms with E-state index in [4.69, 9.17) is 5.84 Å². The molecule has 0 aliphatic carbocycles. The highest BCUT2D eigenvalue weighted by Crippen LogP contribution is 2.18. The Balaban J connectivity index is 2.27. The fraction of sp³-hybridized carbons (Fsp3) is 0.571. The summed E-state index contributed by atoms with van der Waals surface area (Å²) in [5, 5.41) is -0.233. The molecular weight excluding hydrogens is 206 g/mol. The molecule has 14 heavy (non-hydrogen) atoms. The number of hydrogen-bond acceptors (Lipinski definition) is 5. The topological polar surface area (TPSA) is 92.5 Å². The first kappa shape index (κ1) is 11.0. The van der Waals surface area contributed by atoms with Gasteiger partial charge in [-0.25, -0.2) is 5.84 Å². The first-order valence-electron chi connectivity index (χ1n) is 4.11. The van der Waals surface area contributed by atoms with Gasteiger partial charge in [0.15, 0.2) is 0 Å². The Labute approximate surface area is 85.2 Å². The highest BCUT2D eigenvalue weighted by molar-refractivity contribution is 8.14. The van der Waals surface area contributed by atoms with Crippen LogP contribution in [-0.4, -0.2) is 34.3 Å². The second-order valence-electron chi connectivity index (χ2n) is 2.77. The summed E-state index contributed by atoms with van der Waals surface area (Å²) >= 11 is 0.990. The predicted octanol–water partition coefficient (Wildman–Crippen LogP) is -0.548. The van der Waals surface area contributed by atoms with E-state index in [0.29, 0.717) is 6.42 Å². The lowest BCUT2D eigenvalue weighted by Crippen LogP contribution is -2.33. The Morgan fingerprint density at radius 3 is 2.79 bits per heavy atom. The average Bonchev–Trinajstić information content (AvgIpc) is 2.48. The number of hydrogen-bond donors (Lipinski definition) is 2. The molecule has 1 heterocycles. The van der Waals surface area contributed by atoms with Crippen molar-refractivity contribution in [1.82, 2.24) is 10.3 Å². The molecule has 0 saturated carbocycles. The van der Waals surface area contributed by atoms with Crippen LogP contribution >= 0.6 is 11.8 Å². The lowest BCUT2D eigenvalue weighted by atomic mass is 10.3. The Hall–Kier alpha value is -1.08. The number of hydrazine groups is 1. The van der Waals surface area contributed by atoms with Crippen LogP contribution in [0, 0.1) is 0 Å². The third-order valence-electron chi connectivity index (χ3n) is 1.79. The molecule has 1 saturated heterocycles. The summed E-state index contributed by atoms with van der Waals surface area (Å²) in [6.45, 7) is 0.290. The normalized spacial score (nSPS) is 16.2. The lowest BCUT2D eigenvalue weighted by molar-refractivity contribution is -0.125. The maximum Gasteiger partial charge on any atom is 0.288 e. The maximum absolute atomic E-state index is 11.1. The van der Waals surface area contributed by atoms with Gasteiger partial charge in [0.05, 0.1) is 5.75 Å². The van der Waals surface area contributed by atoms with Crippen LogP contribution in [0.2, 0.25) is 0 Å². The van der Waals surface area contributed by atoms with Crippen molar-refractivity contribution in [2.75, 3.05) is 12.3 Å². The molecule has 0 unspecified atom stereocenters. The fourth-order valence-electron chi connectivity index (χ4n) is 1.07. The van der Waals surface area contributed by atoms with Gasteiger partial charge in [-0.15, -0.1) is 0 Å². The second-order valence-corrected chi connectivity index (χ2v) is 3.70. The molecule has 0 radical (unpaired) electrons. The van der Waals surface area contributed by atoms with Crippen LogP contribution in [-0.2, 0) is 9.59 Å². The van der Waals surface area contributed by atoms with Crippen LogP contribution in [0.25, 0.3) is 0 Å². The largest absolute Gasteiger partial charge is 0.294 e. The van der Waals surface area contributed by atoms with Crippen LogP contribution in [0.3, 0.4) is 0 Å². The number of carbonyl (C=O) groups is 3. The van der Waals surface area contributed by atoms with Gasteiger partial charge in [0.2, 0.25) is 11.8 Å². The summed E-state index contributed by atoms with van der Waals surface area (Å²) in [5.74, 6) is 4.60. The van der Waals surface area contributed by atoms with Gasteiger partial charge in [-0.3, -0.25) is 24.7 Å². The zero-order valence-electron chi connectivity index (χ0n) is 7.49. The Bertz CT molecular complexity index is 253. The number of nitrogens with zero attached hydrogens (tertiary/aromatic N) is 1. The van der Waals surface area contributed by atoms with Crippen molar-refractivity contribution >= 4 is 28.8 Å². The molecule has 1 rings (SSSR count). The minimum absolute atomic E-state index is 0.187. The smallest absolute Gasteiger partial charge is 0.288 e. The molecule has 1 aliphatic heterocycles. The molecule has 0 aromatic heterocycles. The Morgan fingerprint density at radius 2 is 2.29 bits per heavy atom. The molecule has 1 aliphatic rings. The van der Waals surface area contributed by atoms with Crippen LogP contribution in [0.15, 0.2) is 0 Å². The Kier molecular flexibility index (Phi) is 3.90. The van der Waals surface area contributed by atoms with E-state index in [-0.39, 0.29) is 35.8 Å². The minimum atomic E-state index is -0.295. The van der Waals surface area contributed by atoms with E-state index in [1.54, 1.807) is 0 Å². The number of imide groups is 1. The van der Waals surface area contributed by atoms with Gasteiger partial charge in [-0.2, -0.15) is 0 Å². The lowest BCUT2D eigenvalue weighted by Gasteiger charge is -2.11. The molecule has 6 nitrogen and oxygen atoms in total. The summed E-state index contributed by atoms with van der Waals surface area (Å²) in [6, 6.07) is 0. The monoisotopic (exact) mass is 217 g/mol. The van der Waals surface area contributed by atoms with Crippen molar-refractivity contribution in [3.8, 4) is 0 Å². The molecule has 0 spiro atoms. The van der Waals surface area contributed by atoms with E-state index in [2.05, 4.69) is 0 Å². The number of nitrogens with one attached hydrogen (secondary N) is 1. The number of amides is 3. The molecule has 7 heteroatoms. The number of nitrogens with two attached hydrogens (primary N) is 1. The average molecular weight is 217 g/mol. The van der Waals surface area contributed by atoms with Crippen molar-refractivity contribution in [3.63, 3.8) is 0 Å². The maximum atomic E-state index is 11.1. The zero-order chi connectivity index (χ0) is 10.6. The molecule has 3 N–H and O–H groups in total. The molecule has 78 valence electrons. The third kappa shape index (κ3) is 2.71. The van der Waals surface area contributed by atoms with E-state index in [1.165, 1.54) is 0 Å². The van der Waals surface area contributed by atoms with Crippen molar-refractivity contribution in [3.05, 3.63) is 0 Å². The molecule has 0 atom stereocenters. The van der Waals surface area contributed by atoms with Gasteiger partial charge in [-0.05, 0) is 6.42 Å². The fourth-order valence-corrected chi connectivity index (χ4v) is 1.82. The second kappa shape index (κ2) is 4.97.